The third-order valence-electron chi connectivity index (χ3n) is 4.35. The minimum atomic E-state index is 0. The zero-order valence-electron chi connectivity index (χ0n) is 10.5. The Labute approximate surface area is 110 Å². The van der Waals surface area contributed by atoms with Crippen LogP contribution in [-0.2, 0) is 4.79 Å². The van der Waals surface area contributed by atoms with Crippen LogP contribution in [0.1, 0.15) is 44.9 Å². The van der Waals surface area contributed by atoms with Gasteiger partial charge in [-0.25, -0.2) is 0 Å². The Bertz CT molecular complexity index is 248. The van der Waals surface area contributed by atoms with Crippen LogP contribution in [0.4, 0.5) is 0 Å². The molecule has 4 heteroatoms. The SMILES string of the molecule is Cl.NCCNC(=O)C1CCC2CCCCC2C1. The highest BCUT2D eigenvalue weighted by molar-refractivity contribution is 5.85. The lowest BCUT2D eigenvalue weighted by Crippen LogP contribution is -2.39. The van der Waals surface area contributed by atoms with Gasteiger partial charge < -0.3 is 11.1 Å². The van der Waals surface area contributed by atoms with Gasteiger partial charge in [-0.3, -0.25) is 4.79 Å². The molecule has 3 unspecified atom stereocenters. The summed E-state index contributed by atoms with van der Waals surface area (Å²) in [5.41, 5.74) is 5.40. The van der Waals surface area contributed by atoms with Crippen molar-refractivity contribution in [3.63, 3.8) is 0 Å². The summed E-state index contributed by atoms with van der Waals surface area (Å²) in [7, 11) is 0. The van der Waals surface area contributed by atoms with E-state index in [0.717, 1.165) is 24.7 Å². The minimum Gasteiger partial charge on any atom is -0.355 e. The van der Waals surface area contributed by atoms with Crippen LogP contribution in [0.2, 0.25) is 0 Å². The molecule has 3 nitrogen and oxygen atoms in total. The molecule has 0 aromatic rings. The van der Waals surface area contributed by atoms with E-state index in [2.05, 4.69) is 5.32 Å². The molecule has 1 amide bonds. The number of carbonyl (C=O) groups is 1. The molecule has 2 aliphatic rings. The fourth-order valence-corrected chi connectivity index (χ4v) is 3.45. The second-order valence-electron chi connectivity index (χ2n) is 5.39. The molecule has 100 valence electrons. The molecule has 0 bridgehead atoms. The predicted octanol–water partition coefficient (Wildman–Crippen LogP) is 2.09. The Kier molecular flexibility index (Phi) is 6.28. The molecule has 2 aliphatic carbocycles. The van der Waals surface area contributed by atoms with Crippen molar-refractivity contribution in [1.82, 2.24) is 5.32 Å². The first-order valence-corrected chi connectivity index (χ1v) is 6.79. The van der Waals surface area contributed by atoms with E-state index >= 15 is 0 Å². The van der Waals surface area contributed by atoms with E-state index in [1.165, 1.54) is 32.1 Å². The van der Waals surface area contributed by atoms with E-state index in [1.807, 2.05) is 0 Å². The molecule has 2 fully saturated rings. The van der Waals surface area contributed by atoms with Crippen molar-refractivity contribution in [2.75, 3.05) is 13.1 Å². The molecule has 0 radical (unpaired) electrons. The summed E-state index contributed by atoms with van der Waals surface area (Å²) in [6.07, 6.45) is 9.03. The normalized spacial score (nSPS) is 32.2. The highest BCUT2D eigenvalue weighted by atomic mass is 35.5. The zero-order chi connectivity index (χ0) is 11.4. The number of hydrogen-bond donors (Lipinski definition) is 2. The fraction of sp³-hybridized carbons (Fsp3) is 0.923. The number of rotatable bonds is 3. The molecule has 0 aliphatic heterocycles. The Morgan fingerprint density at radius 1 is 1.12 bits per heavy atom. The first-order valence-electron chi connectivity index (χ1n) is 6.79. The average molecular weight is 261 g/mol. The van der Waals surface area contributed by atoms with Gasteiger partial charge in [0.1, 0.15) is 0 Å². The number of nitrogens with two attached hydrogens (primary N) is 1. The van der Waals surface area contributed by atoms with Gasteiger partial charge in [-0.2, -0.15) is 0 Å². The first-order chi connectivity index (χ1) is 7.81. The van der Waals surface area contributed by atoms with Gasteiger partial charge in [0.2, 0.25) is 5.91 Å². The largest absolute Gasteiger partial charge is 0.355 e. The van der Waals surface area contributed by atoms with Crippen LogP contribution in [0.25, 0.3) is 0 Å². The van der Waals surface area contributed by atoms with Crippen LogP contribution in [-0.4, -0.2) is 19.0 Å². The molecular weight excluding hydrogens is 236 g/mol. The molecule has 0 heterocycles. The lowest BCUT2D eigenvalue weighted by atomic mass is 9.67. The molecular formula is C13H25ClN2O. The Morgan fingerprint density at radius 2 is 1.82 bits per heavy atom. The summed E-state index contributed by atoms with van der Waals surface area (Å²) in [5, 5.41) is 2.93. The third kappa shape index (κ3) is 3.85. The lowest BCUT2D eigenvalue weighted by molar-refractivity contribution is -0.127. The Hall–Kier alpha value is -0.280. The lowest BCUT2D eigenvalue weighted by Gasteiger charge is -2.38. The molecule has 3 N–H and O–H groups in total. The standard InChI is InChI=1S/C13H24N2O.ClH/c14-7-8-15-13(16)12-6-5-10-3-1-2-4-11(10)9-12;/h10-12H,1-9,14H2,(H,15,16);1H. The van der Waals surface area contributed by atoms with Gasteiger partial charge in [-0.15, -0.1) is 12.4 Å². The smallest absolute Gasteiger partial charge is 0.223 e. The zero-order valence-corrected chi connectivity index (χ0v) is 11.3. The number of halogens is 1. The summed E-state index contributed by atoms with van der Waals surface area (Å²) < 4.78 is 0. The topological polar surface area (TPSA) is 55.1 Å². The van der Waals surface area contributed by atoms with Crippen molar-refractivity contribution in [3.8, 4) is 0 Å². The summed E-state index contributed by atoms with van der Waals surface area (Å²) in [5.74, 6) is 2.27. The molecule has 0 aromatic carbocycles. The number of carbonyl (C=O) groups excluding carboxylic acids is 1. The molecule has 2 saturated carbocycles. The molecule has 17 heavy (non-hydrogen) atoms. The maximum absolute atomic E-state index is 11.9. The monoisotopic (exact) mass is 260 g/mol. The van der Waals surface area contributed by atoms with Crippen molar-refractivity contribution in [2.24, 2.45) is 23.5 Å². The molecule has 2 rings (SSSR count). The fourth-order valence-electron chi connectivity index (χ4n) is 3.45. The molecule has 0 aromatic heterocycles. The van der Waals surface area contributed by atoms with Crippen molar-refractivity contribution in [2.45, 2.75) is 44.9 Å². The Balaban J connectivity index is 0.00000144. The van der Waals surface area contributed by atoms with Crippen LogP contribution >= 0.6 is 12.4 Å². The van der Waals surface area contributed by atoms with E-state index in [0.29, 0.717) is 13.1 Å². The minimum absolute atomic E-state index is 0. The predicted molar refractivity (Wildman–Crippen MR) is 72.1 cm³/mol. The number of fused-ring (bicyclic) bond motifs is 1. The second kappa shape index (κ2) is 7.22. The molecule has 0 spiro atoms. The van der Waals surface area contributed by atoms with Crippen LogP contribution in [0.3, 0.4) is 0 Å². The van der Waals surface area contributed by atoms with Crippen LogP contribution in [0, 0.1) is 17.8 Å². The van der Waals surface area contributed by atoms with E-state index in [-0.39, 0.29) is 24.2 Å². The second-order valence-corrected chi connectivity index (χ2v) is 5.39. The van der Waals surface area contributed by atoms with Crippen molar-refractivity contribution in [1.29, 1.82) is 0 Å². The van der Waals surface area contributed by atoms with Gasteiger partial charge in [0.15, 0.2) is 0 Å². The van der Waals surface area contributed by atoms with Gasteiger partial charge in [0, 0.05) is 19.0 Å². The maximum Gasteiger partial charge on any atom is 0.223 e. The Morgan fingerprint density at radius 3 is 2.53 bits per heavy atom. The molecule has 0 saturated heterocycles. The van der Waals surface area contributed by atoms with Gasteiger partial charge in [0.05, 0.1) is 0 Å². The average Bonchev–Trinajstić information content (AvgIpc) is 2.35. The third-order valence-corrected chi connectivity index (χ3v) is 4.35. The van der Waals surface area contributed by atoms with Crippen molar-refractivity contribution >= 4 is 18.3 Å². The first kappa shape index (κ1) is 14.8. The van der Waals surface area contributed by atoms with Crippen LogP contribution < -0.4 is 11.1 Å². The highest BCUT2D eigenvalue weighted by Gasteiger charge is 2.34. The number of hydrogen-bond acceptors (Lipinski definition) is 2. The van der Waals surface area contributed by atoms with E-state index in [4.69, 9.17) is 5.73 Å². The summed E-state index contributed by atoms with van der Waals surface area (Å²) in [6, 6.07) is 0. The van der Waals surface area contributed by atoms with E-state index < -0.39 is 0 Å². The van der Waals surface area contributed by atoms with Crippen LogP contribution in [0.5, 0.6) is 0 Å². The maximum atomic E-state index is 11.9. The molecule has 3 atom stereocenters. The van der Waals surface area contributed by atoms with Gasteiger partial charge >= 0.3 is 0 Å². The summed E-state index contributed by atoms with van der Waals surface area (Å²) >= 11 is 0. The van der Waals surface area contributed by atoms with Crippen molar-refractivity contribution in [3.05, 3.63) is 0 Å². The van der Waals surface area contributed by atoms with Gasteiger partial charge in [-0.1, -0.05) is 25.7 Å². The van der Waals surface area contributed by atoms with Gasteiger partial charge in [-0.05, 0) is 31.1 Å². The van der Waals surface area contributed by atoms with Gasteiger partial charge in [0.25, 0.3) is 0 Å². The summed E-state index contributed by atoms with van der Waals surface area (Å²) in [4.78, 5) is 11.9. The quantitative estimate of drug-likeness (QED) is 0.817. The van der Waals surface area contributed by atoms with E-state index in [1.54, 1.807) is 0 Å². The summed E-state index contributed by atoms with van der Waals surface area (Å²) in [6.45, 7) is 1.17. The van der Waals surface area contributed by atoms with Crippen molar-refractivity contribution < 1.29 is 4.79 Å². The van der Waals surface area contributed by atoms with E-state index in [9.17, 15) is 4.79 Å². The highest BCUT2D eigenvalue weighted by Crippen LogP contribution is 2.42. The van der Waals surface area contributed by atoms with Crippen LogP contribution in [0.15, 0.2) is 0 Å². The number of nitrogens with one attached hydrogen (secondary N) is 1. The number of amides is 1.